The van der Waals surface area contributed by atoms with E-state index < -0.39 is 23.6 Å². The van der Waals surface area contributed by atoms with E-state index in [1.165, 1.54) is 47.4 Å². The van der Waals surface area contributed by atoms with Gasteiger partial charge in [-0.2, -0.15) is 13.2 Å². The first-order chi connectivity index (χ1) is 13.7. The Balaban J connectivity index is 2.03. The molecule has 0 aliphatic carbocycles. The van der Waals surface area contributed by atoms with Crippen molar-refractivity contribution in [3.05, 3.63) is 77.9 Å². The quantitative estimate of drug-likeness (QED) is 0.352. The van der Waals surface area contributed by atoms with Crippen molar-refractivity contribution >= 4 is 35.2 Å². The molecule has 4 nitrogen and oxygen atoms in total. The van der Waals surface area contributed by atoms with Gasteiger partial charge in [0, 0.05) is 6.54 Å². The fourth-order valence-electron chi connectivity index (χ4n) is 2.93. The molecule has 2 aromatic carbocycles. The summed E-state index contributed by atoms with van der Waals surface area (Å²) in [6, 6.07) is 11.4. The number of carbonyl (C=O) groups excluding carboxylic acids is 2. The Labute approximate surface area is 170 Å². The number of carbonyl (C=O) groups is 2. The van der Waals surface area contributed by atoms with Crippen LogP contribution in [0.15, 0.2) is 66.8 Å². The van der Waals surface area contributed by atoms with Gasteiger partial charge in [-0.3, -0.25) is 19.8 Å². The van der Waals surface area contributed by atoms with E-state index in [0.29, 0.717) is 11.1 Å². The molecule has 1 aliphatic heterocycles. The van der Waals surface area contributed by atoms with Crippen LogP contribution in [0.1, 0.15) is 11.1 Å². The number of amides is 2. The first kappa shape index (κ1) is 20.5. The molecule has 3 rings (SSSR count). The Hall–Kier alpha value is -3.26. The van der Waals surface area contributed by atoms with Crippen LogP contribution in [0.25, 0.3) is 17.2 Å². The molecule has 0 saturated carbocycles. The first-order valence-electron chi connectivity index (χ1n) is 8.49. The van der Waals surface area contributed by atoms with Crippen LogP contribution >= 0.6 is 12.2 Å². The number of nitrogens with zero attached hydrogens (tertiary/aromatic N) is 1. The summed E-state index contributed by atoms with van der Waals surface area (Å²) in [5.41, 5.74) is -0.201. The molecule has 29 heavy (non-hydrogen) atoms. The van der Waals surface area contributed by atoms with Crippen LogP contribution in [0.4, 0.5) is 13.2 Å². The summed E-state index contributed by atoms with van der Waals surface area (Å²) in [6.45, 7) is 3.67. The lowest BCUT2D eigenvalue weighted by Gasteiger charge is -2.27. The van der Waals surface area contributed by atoms with Gasteiger partial charge in [0.1, 0.15) is 5.57 Å². The maximum atomic E-state index is 13.3. The highest BCUT2D eigenvalue weighted by Gasteiger charge is 2.34. The van der Waals surface area contributed by atoms with Crippen molar-refractivity contribution in [3.8, 4) is 11.1 Å². The average molecular weight is 416 g/mol. The SMILES string of the molecule is C=CCN1C(=O)C(=Cc2cccc(-c3ccccc3C(F)(F)F)c2)C(=O)NC1=S. The maximum absolute atomic E-state index is 13.3. The Morgan fingerprint density at radius 1 is 1.10 bits per heavy atom. The fourth-order valence-corrected chi connectivity index (χ4v) is 3.18. The number of hydrogen-bond donors (Lipinski definition) is 1. The van der Waals surface area contributed by atoms with Crippen molar-refractivity contribution in [1.29, 1.82) is 0 Å². The van der Waals surface area contributed by atoms with Crippen molar-refractivity contribution in [3.63, 3.8) is 0 Å². The van der Waals surface area contributed by atoms with E-state index in [0.717, 1.165) is 6.07 Å². The Morgan fingerprint density at radius 2 is 1.83 bits per heavy atom. The largest absolute Gasteiger partial charge is 0.417 e. The van der Waals surface area contributed by atoms with Gasteiger partial charge < -0.3 is 0 Å². The molecule has 0 radical (unpaired) electrons. The van der Waals surface area contributed by atoms with Gasteiger partial charge in [-0.1, -0.05) is 42.5 Å². The van der Waals surface area contributed by atoms with Crippen LogP contribution in [0, 0.1) is 0 Å². The lowest BCUT2D eigenvalue weighted by molar-refractivity contribution is -0.137. The molecular formula is C21H15F3N2O2S. The van der Waals surface area contributed by atoms with Gasteiger partial charge in [0.15, 0.2) is 5.11 Å². The molecule has 1 aliphatic rings. The van der Waals surface area contributed by atoms with Gasteiger partial charge in [-0.05, 0) is 47.1 Å². The molecule has 1 fully saturated rings. The van der Waals surface area contributed by atoms with Crippen LogP contribution < -0.4 is 5.32 Å². The second-order valence-electron chi connectivity index (χ2n) is 6.19. The second-order valence-corrected chi connectivity index (χ2v) is 6.58. The molecule has 0 atom stereocenters. The molecule has 0 unspecified atom stereocenters. The minimum absolute atomic E-state index is 0.00846. The van der Waals surface area contributed by atoms with Crippen LogP contribution in [0.5, 0.6) is 0 Å². The topological polar surface area (TPSA) is 49.4 Å². The summed E-state index contributed by atoms with van der Waals surface area (Å²) >= 11 is 4.99. The third-order valence-electron chi connectivity index (χ3n) is 4.24. The summed E-state index contributed by atoms with van der Waals surface area (Å²) in [5, 5.41) is 2.40. The van der Waals surface area contributed by atoms with Gasteiger partial charge in [0.05, 0.1) is 5.56 Å². The molecule has 0 spiro atoms. The third-order valence-corrected chi connectivity index (χ3v) is 4.56. The van der Waals surface area contributed by atoms with Gasteiger partial charge >= 0.3 is 6.18 Å². The Kier molecular flexibility index (Phi) is 5.65. The molecule has 2 aromatic rings. The summed E-state index contributed by atoms with van der Waals surface area (Å²) in [7, 11) is 0. The molecule has 1 saturated heterocycles. The van der Waals surface area contributed by atoms with Gasteiger partial charge in [0.25, 0.3) is 11.8 Å². The number of hydrogen-bond acceptors (Lipinski definition) is 3. The van der Waals surface area contributed by atoms with E-state index in [1.807, 2.05) is 0 Å². The van der Waals surface area contributed by atoms with E-state index in [2.05, 4.69) is 11.9 Å². The lowest BCUT2D eigenvalue weighted by Crippen LogP contribution is -2.53. The van der Waals surface area contributed by atoms with Crippen molar-refractivity contribution in [2.24, 2.45) is 0 Å². The van der Waals surface area contributed by atoms with Gasteiger partial charge in [-0.15, -0.1) is 6.58 Å². The highest BCUT2D eigenvalue weighted by molar-refractivity contribution is 7.80. The molecule has 0 bridgehead atoms. The van der Waals surface area contributed by atoms with Crippen molar-refractivity contribution < 1.29 is 22.8 Å². The minimum atomic E-state index is -4.51. The zero-order valence-electron chi connectivity index (χ0n) is 15.0. The standard InChI is InChI=1S/C21H15F3N2O2S/c1-2-10-26-19(28)16(18(27)25-20(26)29)12-13-6-5-7-14(11-13)15-8-3-4-9-17(15)21(22,23)24/h2-9,11-12H,1,10H2,(H,25,27,29). The van der Waals surface area contributed by atoms with E-state index in [9.17, 15) is 22.8 Å². The zero-order chi connectivity index (χ0) is 21.2. The normalized spacial score (nSPS) is 16.2. The number of halogens is 3. The van der Waals surface area contributed by atoms with Crippen molar-refractivity contribution in [2.45, 2.75) is 6.18 Å². The third kappa shape index (κ3) is 4.27. The van der Waals surface area contributed by atoms with E-state index in [1.54, 1.807) is 12.1 Å². The van der Waals surface area contributed by atoms with Crippen LogP contribution in [-0.4, -0.2) is 28.4 Å². The highest BCUT2D eigenvalue weighted by Crippen LogP contribution is 2.37. The number of alkyl halides is 3. The zero-order valence-corrected chi connectivity index (χ0v) is 15.8. The van der Waals surface area contributed by atoms with Crippen LogP contribution in [0.2, 0.25) is 0 Å². The Bertz CT molecular complexity index is 1040. The van der Waals surface area contributed by atoms with E-state index in [-0.39, 0.29) is 22.8 Å². The molecule has 1 N–H and O–H groups in total. The number of thiocarbonyl (C=S) groups is 1. The summed E-state index contributed by atoms with van der Waals surface area (Å²) in [6.07, 6.45) is -1.71. The van der Waals surface area contributed by atoms with Crippen molar-refractivity contribution in [2.75, 3.05) is 6.54 Å². The Morgan fingerprint density at radius 3 is 2.52 bits per heavy atom. The first-order valence-corrected chi connectivity index (χ1v) is 8.89. The number of benzene rings is 2. The molecule has 1 heterocycles. The summed E-state index contributed by atoms with van der Waals surface area (Å²) in [5.74, 6) is -1.26. The van der Waals surface area contributed by atoms with Crippen LogP contribution in [-0.2, 0) is 15.8 Å². The molecule has 2 amide bonds. The minimum Gasteiger partial charge on any atom is -0.298 e. The number of nitrogens with one attached hydrogen (secondary N) is 1. The maximum Gasteiger partial charge on any atom is 0.417 e. The molecule has 0 aromatic heterocycles. The van der Waals surface area contributed by atoms with Gasteiger partial charge in [0.2, 0.25) is 0 Å². The summed E-state index contributed by atoms with van der Waals surface area (Å²) < 4.78 is 40.0. The van der Waals surface area contributed by atoms with Crippen LogP contribution in [0.3, 0.4) is 0 Å². The predicted molar refractivity (Wildman–Crippen MR) is 108 cm³/mol. The summed E-state index contributed by atoms with van der Waals surface area (Å²) in [4.78, 5) is 26.0. The number of rotatable bonds is 4. The molecule has 148 valence electrons. The van der Waals surface area contributed by atoms with E-state index in [4.69, 9.17) is 12.2 Å². The lowest BCUT2D eigenvalue weighted by atomic mass is 9.97. The fraction of sp³-hybridized carbons (Fsp3) is 0.0952. The molecule has 8 heteroatoms. The van der Waals surface area contributed by atoms with Gasteiger partial charge in [-0.25, -0.2) is 0 Å². The smallest absolute Gasteiger partial charge is 0.298 e. The molecular weight excluding hydrogens is 401 g/mol. The van der Waals surface area contributed by atoms with Crippen molar-refractivity contribution in [1.82, 2.24) is 10.2 Å². The van der Waals surface area contributed by atoms with E-state index >= 15 is 0 Å². The predicted octanol–water partition coefficient (Wildman–Crippen LogP) is 4.19. The second kappa shape index (κ2) is 8.00. The monoisotopic (exact) mass is 416 g/mol. The average Bonchev–Trinajstić information content (AvgIpc) is 2.68. The highest BCUT2D eigenvalue weighted by atomic mass is 32.1.